The van der Waals surface area contributed by atoms with Crippen LogP contribution in [0.2, 0.25) is 0 Å². The van der Waals surface area contributed by atoms with Crippen LogP contribution in [0.1, 0.15) is 13.8 Å². The van der Waals surface area contributed by atoms with E-state index in [-0.39, 0.29) is 5.63 Å². The Bertz CT molecular complexity index is 818. The third-order valence-electron chi connectivity index (χ3n) is 3.13. The molecule has 1 aromatic heterocycles. The van der Waals surface area contributed by atoms with Crippen LogP contribution < -0.4 is 15.1 Å². The molecule has 3 aromatic rings. The summed E-state index contributed by atoms with van der Waals surface area (Å²) in [5.41, 5.74) is 0.136. The van der Waals surface area contributed by atoms with Crippen molar-refractivity contribution in [1.82, 2.24) is 0 Å². The Morgan fingerprint density at radius 3 is 2.00 bits per heavy atom. The van der Waals surface area contributed by atoms with Crippen molar-refractivity contribution in [2.45, 2.75) is 13.8 Å². The lowest BCUT2D eigenvalue weighted by molar-refractivity contribution is 0.413. The maximum atomic E-state index is 12.0. The first-order valence-electron chi connectivity index (χ1n) is 6.81. The van der Waals surface area contributed by atoms with Gasteiger partial charge in [-0.05, 0) is 30.3 Å². The molecule has 3 rings (SSSR count). The van der Waals surface area contributed by atoms with Gasteiger partial charge in [0.1, 0.15) is 17.1 Å². The van der Waals surface area contributed by atoms with Crippen molar-refractivity contribution in [1.29, 1.82) is 0 Å². The minimum absolute atomic E-state index is 0.380. The van der Waals surface area contributed by atoms with Crippen LogP contribution in [0.15, 0.2) is 45.6 Å². The molecule has 0 saturated carbocycles. The SMILES string of the molecule is CC.COc1ccc2c(c1)oc(=O)c1cc(OC)ccc12. The van der Waals surface area contributed by atoms with Crippen LogP contribution in [0.5, 0.6) is 11.5 Å². The zero-order valence-electron chi connectivity index (χ0n) is 12.6. The summed E-state index contributed by atoms with van der Waals surface area (Å²) >= 11 is 0. The first-order valence-corrected chi connectivity index (χ1v) is 6.81. The van der Waals surface area contributed by atoms with Gasteiger partial charge in [0.05, 0.1) is 19.6 Å². The molecule has 0 aliphatic heterocycles. The number of benzene rings is 2. The molecule has 0 aliphatic carbocycles. The van der Waals surface area contributed by atoms with Crippen LogP contribution in [0, 0.1) is 0 Å². The maximum Gasteiger partial charge on any atom is 0.344 e. The van der Waals surface area contributed by atoms with Crippen LogP contribution in [0.3, 0.4) is 0 Å². The van der Waals surface area contributed by atoms with Crippen molar-refractivity contribution in [2.75, 3.05) is 14.2 Å². The van der Waals surface area contributed by atoms with E-state index in [9.17, 15) is 4.79 Å². The number of hydrogen-bond donors (Lipinski definition) is 0. The Kier molecular flexibility index (Phi) is 4.48. The van der Waals surface area contributed by atoms with E-state index in [1.54, 1.807) is 26.4 Å². The van der Waals surface area contributed by atoms with Gasteiger partial charge in [0.2, 0.25) is 0 Å². The van der Waals surface area contributed by atoms with Crippen LogP contribution in [-0.4, -0.2) is 14.2 Å². The Hall–Kier alpha value is -2.49. The summed E-state index contributed by atoms with van der Waals surface area (Å²) in [6.07, 6.45) is 0. The zero-order chi connectivity index (χ0) is 15.4. The fourth-order valence-corrected chi connectivity index (χ4v) is 2.15. The van der Waals surface area contributed by atoms with Gasteiger partial charge in [0.25, 0.3) is 0 Å². The molecule has 1 heterocycles. The van der Waals surface area contributed by atoms with Crippen molar-refractivity contribution in [3.63, 3.8) is 0 Å². The van der Waals surface area contributed by atoms with Gasteiger partial charge in [0.15, 0.2) is 0 Å². The molecule has 0 radical (unpaired) electrons. The third-order valence-corrected chi connectivity index (χ3v) is 3.13. The van der Waals surface area contributed by atoms with Crippen LogP contribution >= 0.6 is 0 Å². The molecule has 0 unspecified atom stereocenters. The zero-order valence-corrected chi connectivity index (χ0v) is 12.6. The average molecular weight is 286 g/mol. The summed E-state index contributed by atoms with van der Waals surface area (Å²) in [6.45, 7) is 4.00. The van der Waals surface area contributed by atoms with E-state index in [2.05, 4.69) is 0 Å². The summed E-state index contributed by atoms with van der Waals surface area (Å²) in [5.74, 6) is 1.29. The molecule has 0 atom stereocenters. The summed E-state index contributed by atoms with van der Waals surface area (Å²) in [7, 11) is 3.14. The molecule has 0 bridgehead atoms. The molecule has 110 valence electrons. The molecule has 4 heteroatoms. The molecular formula is C17H18O4. The van der Waals surface area contributed by atoms with Gasteiger partial charge in [-0.2, -0.15) is 0 Å². The van der Waals surface area contributed by atoms with E-state index in [0.29, 0.717) is 22.5 Å². The Labute approximate surface area is 122 Å². The van der Waals surface area contributed by atoms with E-state index in [4.69, 9.17) is 13.9 Å². The third kappa shape index (κ3) is 2.70. The van der Waals surface area contributed by atoms with Gasteiger partial charge < -0.3 is 13.9 Å². The molecule has 4 nitrogen and oxygen atoms in total. The van der Waals surface area contributed by atoms with Gasteiger partial charge in [-0.3, -0.25) is 0 Å². The summed E-state index contributed by atoms with van der Waals surface area (Å²) < 4.78 is 15.6. The topological polar surface area (TPSA) is 48.7 Å². The maximum absolute atomic E-state index is 12.0. The second kappa shape index (κ2) is 6.31. The van der Waals surface area contributed by atoms with Crippen LogP contribution in [0.4, 0.5) is 0 Å². The first kappa shape index (κ1) is 14.9. The summed E-state index contributed by atoms with van der Waals surface area (Å²) in [6, 6.07) is 10.8. The van der Waals surface area contributed by atoms with Gasteiger partial charge >= 0.3 is 5.63 Å². The second-order valence-electron chi connectivity index (χ2n) is 4.16. The minimum Gasteiger partial charge on any atom is -0.497 e. The molecule has 0 spiro atoms. The largest absolute Gasteiger partial charge is 0.497 e. The van der Waals surface area contributed by atoms with Gasteiger partial charge in [-0.25, -0.2) is 4.79 Å². The highest BCUT2D eigenvalue weighted by Crippen LogP contribution is 2.28. The van der Waals surface area contributed by atoms with E-state index < -0.39 is 0 Å². The normalized spacial score (nSPS) is 10.1. The van der Waals surface area contributed by atoms with Crippen LogP contribution in [-0.2, 0) is 0 Å². The summed E-state index contributed by atoms with van der Waals surface area (Å²) in [4.78, 5) is 12.0. The van der Waals surface area contributed by atoms with Crippen molar-refractivity contribution in [2.24, 2.45) is 0 Å². The van der Waals surface area contributed by atoms with Crippen molar-refractivity contribution in [3.05, 3.63) is 46.8 Å². The highest BCUT2D eigenvalue weighted by molar-refractivity contribution is 6.04. The standard InChI is InChI=1S/C15H12O4.C2H6/c1-17-9-3-5-11-12-6-4-10(18-2)8-14(12)19-15(16)13(11)7-9;1-2/h3-8H,1-2H3;1-2H3. The highest BCUT2D eigenvalue weighted by atomic mass is 16.5. The quantitative estimate of drug-likeness (QED) is 0.528. The Morgan fingerprint density at radius 2 is 1.38 bits per heavy atom. The summed E-state index contributed by atoms with van der Waals surface area (Å²) in [5, 5.41) is 2.23. The number of fused-ring (bicyclic) bond motifs is 3. The monoisotopic (exact) mass is 286 g/mol. The van der Waals surface area contributed by atoms with Crippen molar-refractivity contribution >= 4 is 21.7 Å². The average Bonchev–Trinajstić information content (AvgIpc) is 2.56. The smallest absolute Gasteiger partial charge is 0.344 e. The molecule has 0 saturated heterocycles. The Balaban J connectivity index is 0.000000774. The van der Waals surface area contributed by atoms with Gasteiger partial charge in [-0.15, -0.1) is 0 Å². The molecule has 0 aliphatic rings. The van der Waals surface area contributed by atoms with E-state index in [1.165, 1.54) is 0 Å². The number of methoxy groups -OCH3 is 2. The Morgan fingerprint density at radius 1 is 0.810 bits per heavy atom. The van der Waals surface area contributed by atoms with Crippen LogP contribution in [0.25, 0.3) is 21.7 Å². The lowest BCUT2D eigenvalue weighted by atomic mass is 10.1. The minimum atomic E-state index is -0.380. The van der Waals surface area contributed by atoms with Gasteiger partial charge in [0, 0.05) is 16.8 Å². The van der Waals surface area contributed by atoms with Crippen molar-refractivity contribution < 1.29 is 13.9 Å². The predicted molar refractivity (Wildman–Crippen MR) is 84.4 cm³/mol. The van der Waals surface area contributed by atoms with Gasteiger partial charge in [-0.1, -0.05) is 13.8 Å². The lowest BCUT2D eigenvalue weighted by Crippen LogP contribution is -2.00. The predicted octanol–water partition coefficient (Wildman–Crippen LogP) is 3.99. The molecule has 2 aromatic carbocycles. The number of rotatable bonds is 2. The number of hydrogen-bond acceptors (Lipinski definition) is 4. The molecule has 21 heavy (non-hydrogen) atoms. The fourth-order valence-electron chi connectivity index (χ4n) is 2.15. The van der Waals surface area contributed by atoms with Crippen molar-refractivity contribution in [3.8, 4) is 11.5 Å². The molecule has 0 amide bonds. The number of ether oxygens (including phenoxy) is 2. The first-order chi connectivity index (χ1) is 10.2. The van der Waals surface area contributed by atoms with E-state index in [0.717, 1.165) is 10.8 Å². The molecule has 0 N–H and O–H groups in total. The fraction of sp³-hybridized carbons (Fsp3) is 0.235. The lowest BCUT2D eigenvalue weighted by Gasteiger charge is -2.06. The van der Waals surface area contributed by atoms with E-state index in [1.807, 2.05) is 38.1 Å². The highest BCUT2D eigenvalue weighted by Gasteiger charge is 2.09. The second-order valence-corrected chi connectivity index (χ2v) is 4.16. The van der Waals surface area contributed by atoms with E-state index >= 15 is 0 Å². The molecular weight excluding hydrogens is 268 g/mol. The molecule has 0 fully saturated rings.